The molecule has 0 N–H and O–H groups in total. The number of carbonyl (C=O) groups excluding carboxylic acids is 1. The van der Waals surface area contributed by atoms with E-state index in [2.05, 4.69) is 11.0 Å². The summed E-state index contributed by atoms with van der Waals surface area (Å²) in [6.45, 7) is 3.82. The highest BCUT2D eigenvalue weighted by Crippen LogP contribution is 2.48. The van der Waals surface area contributed by atoms with Crippen LogP contribution < -0.4 is 18.5 Å². The van der Waals surface area contributed by atoms with Crippen molar-refractivity contribution in [2.75, 3.05) is 77.8 Å². The zero-order chi connectivity index (χ0) is 34.3. The van der Waals surface area contributed by atoms with E-state index >= 15 is 0 Å². The van der Waals surface area contributed by atoms with Crippen molar-refractivity contribution in [2.24, 2.45) is 0 Å². The first-order valence-electron chi connectivity index (χ1n) is 15.9. The molecule has 258 valence electrons. The fraction of sp³-hybridized carbons (Fsp3) is 0.457. The lowest BCUT2D eigenvalue weighted by Crippen LogP contribution is -2.53. The second kappa shape index (κ2) is 13.6. The van der Waals surface area contributed by atoms with Gasteiger partial charge in [-0.1, -0.05) is 47.5 Å². The van der Waals surface area contributed by atoms with Gasteiger partial charge in [0.05, 0.1) is 56.5 Å². The van der Waals surface area contributed by atoms with Crippen molar-refractivity contribution in [3.05, 3.63) is 81.3 Å². The summed E-state index contributed by atoms with van der Waals surface area (Å²) in [7, 11) is 1.17. The molecule has 0 aromatic heterocycles. The molecule has 13 heteroatoms. The van der Waals surface area contributed by atoms with Gasteiger partial charge in [0, 0.05) is 30.6 Å². The smallest absolute Gasteiger partial charge is 0.254 e. The van der Waals surface area contributed by atoms with Gasteiger partial charge in [0.1, 0.15) is 5.60 Å². The lowest BCUT2D eigenvalue weighted by molar-refractivity contribution is -0.113. The second-order valence-electron chi connectivity index (χ2n) is 12.8. The van der Waals surface area contributed by atoms with Gasteiger partial charge in [0.15, 0.2) is 11.5 Å². The molecule has 0 radical (unpaired) electrons. The van der Waals surface area contributed by atoms with Crippen molar-refractivity contribution in [1.29, 1.82) is 0 Å². The highest BCUT2D eigenvalue weighted by molar-refractivity contribution is 7.92. The predicted octanol–water partition coefficient (Wildman–Crippen LogP) is 5.59. The Morgan fingerprint density at radius 2 is 1.58 bits per heavy atom. The van der Waals surface area contributed by atoms with E-state index in [-0.39, 0.29) is 11.3 Å². The van der Waals surface area contributed by atoms with Crippen LogP contribution in [0.4, 0.5) is 5.69 Å². The van der Waals surface area contributed by atoms with Crippen molar-refractivity contribution in [3.63, 3.8) is 0 Å². The SMILES string of the molecule is COc1cc(C(=O)N2CCOC(CCN3CCC4(CC3)CN(S(C)(=O)=O)c3ccccc34)(c3ccc(Cl)c(Cl)c3)C2)cc(OC)c1OC. The van der Waals surface area contributed by atoms with Gasteiger partial charge in [-0.05, 0) is 73.8 Å². The third kappa shape index (κ3) is 6.43. The Bertz CT molecular complexity index is 1770. The lowest BCUT2D eigenvalue weighted by atomic mass is 9.74. The quantitative estimate of drug-likeness (QED) is 0.283. The minimum atomic E-state index is -3.39. The van der Waals surface area contributed by atoms with Crippen molar-refractivity contribution >= 4 is 44.8 Å². The summed E-state index contributed by atoms with van der Waals surface area (Å²) in [5.74, 6) is 1.03. The van der Waals surface area contributed by atoms with Gasteiger partial charge in [-0.2, -0.15) is 0 Å². The van der Waals surface area contributed by atoms with Crippen molar-refractivity contribution in [1.82, 2.24) is 9.80 Å². The molecular weight excluding hydrogens is 677 g/mol. The Hall–Kier alpha value is -3.22. The number of methoxy groups -OCH3 is 3. The molecule has 1 amide bonds. The third-order valence-corrected chi connectivity index (χ3v) is 11.9. The molecule has 1 atom stereocenters. The lowest BCUT2D eigenvalue weighted by Gasteiger charge is -2.45. The Morgan fingerprint density at radius 1 is 0.896 bits per heavy atom. The van der Waals surface area contributed by atoms with Crippen LogP contribution in [-0.2, 0) is 25.8 Å². The first-order valence-corrected chi connectivity index (χ1v) is 18.5. The molecular formula is C35H41Cl2N3O7S. The predicted molar refractivity (Wildman–Crippen MR) is 187 cm³/mol. The first-order chi connectivity index (χ1) is 22.9. The molecule has 3 aromatic rings. The Labute approximate surface area is 292 Å². The molecule has 0 saturated carbocycles. The number of nitrogens with zero attached hydrogens (tertiary/aromatic N) is 3. The number of halogens is 2. The molecule has 3 aromatic carbocycles. The molecule has 2 saturated heterocycles. The number of morpholine rings is 1. The number of fused-ring (bicyclic) bond motifs is 2. The molecule has 3 aliphatic rings. The van der Waals surface area contributed by atoms with Gasteiger partial charge in [-0.15, -0.1) is 0 Å². The number of amides is 1. The highest BCUT2D eigenvalue weighted by atomic mass is 35.5. The number of rotatable bonds is 9. The maximum absolute atomic E-state index is 14.0. The standard InChI is InChI=1S/C35H41Cl2N3O7S/c1-44-30-19-24(20-31(45-2)32(30)46-3)33(41)39-17-18-47-35(23-39,25-9-10-27(36)28(37)21-25)13-16-38-14-11-34(12-15-38)22-40(48(4,42)43)29-8-6-5-7-26(29)34/h5-10,19-21H,11-18,22-23H2,1-4H3. The van der Waals surface area contributed by atoms with Crippen LogP contribution in [-0.4, -0.2) is 97.6 Å². The van der Waals surface area contributed by atoms with Crippen LogP contribution in [0.25, 0.3) is 0 Å². The molecule has 48 heavy (non-hydrogen) atoms. The molecule has 3 aliphatic heterocycles. The first kappa shape index (κ1) is 34.6. The summed E-state index contributed by atoms with van der Waals surface area (Å²) in [6, 6.07) is 16.7. The van der Waals surface area contributed by atoms with E-state index in [1.54, 1.807) is 27.4 Å². The average Bonchev–Trinajstić information content (AvgIpc) is 3.42. The summed E-state index contributed by atoms with van der Waals surface area (Å²) >= 11 is 12.8. The second-order valence-corrected chi connectivity index (χ2v) is 15.5. The van der Waals surface area contributed by atoms with Crippen LogP contribution in [0.5, 0.6) is 17.2 Å². The van der Waals surface area contributed by atoms with Crippen molar-refractivity contribution in [2.45, 2.75) is 30.3 Å². The van der Waals surface area contributed by atoms with Crippen LogP contribution in [0, 0.1) is 0 Å². The number of piperidine rings is 1. The van der Waals surface area contributed by atoms with E-state index in [1.165, 1.54) is 27.6 Å². The third-order valence-electron chi connectivity index (χ3n) is 10.1. The zero-order valence-corrected chi connectivity index (χ0v) is 30.0. The number of ether oxygens (including phenoxy) is 4. The molecule has 0 aliphatic carbocycles. The number of carbonyl (C=O) groups is 1. The van der Waals surface area contributed by atoms with E-state index < -0.39 is 15.6 Å². The fourth-order valence-corrected chi connectivity index (χ4v) is 8.74. The van der Waals surface area contributed by atoms with Gasteiger partial charge in [-0.3, -0.25) is 9.10 Å². The molecule has 1 unspecified atom stereocenters. The van der Waals surface area contributed by atoms with Gasteiger partial charge < -0.3 is 28.7 Å². The molecule has 3 heterocycles. The Balaban J connectivity index is 1.23. The fourth-order valence-electron chi connectivity index (χ4n) is 7.45. The van der Waals surface area contributed by atoms with Crippen LogP contribution in [0.3, 0.4) is 0 Å². The van der Waals surface area contributed by atoms with Gasteiger partial charge in [0.2, 0.25) is 15.8 Å². The average molecular weight is 719 g/mol. The summed E-state index contributed by atoms with van der Waals surface area (Å²) in [5.41, 5.74) is 2.10. The Morgan fingerprint density at radius 3 is 2.21 bits per heavy atom. The number of hydrogen-bond acceptors (Lipinski definition) is 8. The van der Waals surface area contributed by atoms with Crippen LogP contribution in [0.1, 0.15) is 40.7 Å². The molecule has 0 bridgehead atoms. The van der Waals surface area contributed by atoms with E-state index in [1.807, 2.05) is 30.3 Å². The number of sulfonamides is 1. The van der Waals surface area contributed by atoms with Gasteiger partial charge >= 0.3 is 0 Å². The van der Waals surface area contributed by atoms with E-state index in [9.17, 15) is 13.2 Å². The van der Waals surface area contributed by atoms with Gasteiger partial charge in [-0.25, -0.2) is 8.42 Å². The minimum Gasteiger partial charge on any atom is -0.493 e. The molecule has 2 fully saturated rings. The van der Waals surface area contributed by atoms with Crippen LogP contribution in [0.2, 0.25) is 10.0 Å². The largest absolute Gasteiger partial charge is 0.493 e. The molecule has 6 rings (SSSR count). The summed E-state index contributed by atoms with van der Waals surface area (Å²) < 4.78 is 50.0. The van der Waals surface area contributed by atoms with Crippen molar-refractivity contribution in [3.8, 4) is 17.2 Å². The molecule has 1 spiro atoms. The Kier molecular flexibility index (Phi) is 9.81. The van der Waals surface area contributed by atoms with Crippen molar-refractivity contribution < 1.29 is 32.2 Å². The van der Waals surface area contributed by atoms with Crippen LogP contribution >= 0.6 is 23.2 Å². The highest BCUT2D eigenvalue weighted by Gasteiger charge is 2.47. The summed E-state index contributed by atoms with van der Waals surface area (Å²) in [6.07, 6.45) is 3.55. The zero-order valence-electron chi connectivity index (χ0n) is 27.6. The number of hydrogen-bond donors (Lipinski definition) is 0. The normalized spacial score (nSPS) is 20.9. The number of likely N-dealkylation sites (tertiary alicyclic amines) is 1. The van der Waals surface area contributed by atoms with E-state index in [0.29, 0.717) is 72.1 Å². The maximum atomic E-state index is 14.0. The topological polar surface area (TPSA) is 97.9 Å². The number of para-hydroxylation sites is 1. The van der Waals surface area contributed by atoms with Crippen LogP contribution in [0.15, 0.2) is 54.6 Å². The minimum absolute atomic E-state index is 0.183. The summed E-state index contributed by atoms with van der Waals surface area (Å²) in [5, 5.41) is 0.860. The molecule has 10 nitrogen and oxygen atoms in total. The number of benzene rings is 3. The monoisotopic (exact) mass is 717 g/mol. The van der Waals surface area contributed by atoms with E-state index in [0.717, 1.165) is 42.7 Å². The summed E-state index contributed by atoms with van der Waals surface area (Å²) in [4.78, 5) is 18.2. The van der Waals surface area contributed by atoms with Gasteiger partial charge in [0.25, 0.3) is 5.91 Å². The van der Waals surface area contributed by atoms with E-state index in [4.69, 9.17) is 42.1 Å². The number of anilines is 1. The maximum Gasteiger partial charge on any atom is 0.254 e.